The van der Waals surface area contributed by atoms with Crippen LogP contribution in [0.1, 0.15) is 28.7 Å². The zero-order valence-corrected chi connectivity index (χ0v) is 11.4. The highest BCUT2D eigenvalue weighted by atomic mass is 16.2. The van der Waals surface area contributed by atoms with Crippen molar-refractivity contribution in [2.75, 3.05) is 11.1 Å². The Morgan fingerprint density at radius 1 is 1.37 bits per heavy atom. The fourth-order valence-corrected chi connectivity index (χ4v) is 1.96. The fraction of sp³-hybridized carbons (Fsp3) is 0.286. The van der Waals surface area contributed by atoms with Crippen LogP contribution in [0, 0.1) is 13.8 Å². The molecule has 0 fully saturated rings. The third kappa shape index (κ3) is 2.45. The summed E-state index contributed by atoms with van der Waals surface area (Å²) in [5.74, 6) is -0.228. The molecular weight excluding hydrogens is 240 g/mol. The Kier molecular flexibility index (Phi) is 3.55. The highest BCUT2D eigenvalue weighted by molar-refractivity contribution is 6.07. The number of nitrogen functional groups attached to an aromatic ring is 1. The molecule has 2 aromatic rings. The van der Waals surface area contributed by atoms with E-state index in [0.29, 0.717) is 23.6 Å². The minimum atomic E-state index is -0.228. The quantitative estimate of drug-likeness (QED) is 0.887. The minimum absolute atomic E-state index is 0.228. The molecule has 0 saturated heterocycles. The number of hydrogen-bond donors (Lipinski definition) is 2. The normalized spacial score (nSPS) is 10.5. The molecule has 5 heteroatoms. The van der Waals surface area contributed by atoms with E-state index in [1.165, 1.54) is 0 Å². The van der Waals surface area contributed by atoms with Gasteiger partial charge < -0.3 is 11.1 Å². The predicted octanol–water partition coefficient (Wildman–Crippen LogP) is 2.35. The summed E-state index contributed by atoms with van der Waals surface area (Å²) in [6.45, 7) is 6.28. The lowest BCUT2D eigenvalue weighted by Gasteiger charge is -2.09. The fourth-order valence-electron chi connectivity index (χ4n) is 1.96. The first-order valence-corrected chi connectivity index (χ1v) is 6.24. The van der Waals surface area contributed by atoms with Crippen LogP contribution < -0.4 is 11.1 Å². The highest BCUT2D eigenvalue weighted by Crippen LogP contribution is 2.20. The van der Waals surface area contributed by atoms with Gasteiger partial charge in [0.25, 0.3) is 5.91 Å². The molecule has 0 aliphatic heterocycles. The molecular formula is C14H18N4O. The van der Waals surface area contributed by atoms with Gasteiger partial charge in [0.15, 0.2) is 0 Å². The molecule has 3 N–H and O–H groups in total. The molecule has 5 nitrogen and oxygen atoms in total. The third-order valence-corrected chi connectivity index (χ3v) is 3.08. The van der Waals surface area contributed by atoms with Gasteiger partial charge in [-0.2, -0.15) is 5.10 Å². The maximum absolute atomic E-state index is 12.3. The summed E-state index contributed by atoms with van der Waals surface area (Å²) in [4.78, 5) is 12.3. The zero-order chi connectivity index (χ0) is 14.0. The second-order valence-corrected chi connectivity index (χ2v) is 4.43. The maximum Gasteiger partial charge on any atom is 0.276 e. The lowest BCUT2D eigenvalue weighted by Crippen LogP contribution is -2.19. The van der Waals surface area contributed by atoms with E-state index in [1.807, 2.05) is 38.1 Å². The molecule has 0 aliphatic carbocycles. The molecule has 0 atom stereocenters. The number of aryl methyl sites for hydroxylation is 3. The largest absolute Gasteiger partial charge is 0.395 e. The number of nitrogens with two attached hydrogens (primary N) is 1. The van der Waals surface area contributed by atoms with Gasteiger partial charge in [-0.15, -0.1) is 0 Å². The first-order chi connectivity index (χ1) is 9.04. The molecule has 0 spiro atoms. The van der Waals surface area contributed by atoms with E-state index in [-0.39, 0.29) is 5.91 Å². The lowest BCUT2D eigenvalue weighted by atomic mass is 10.2. The maximum atomic E-state index is 12.3. The first-order valence-electron chi connectivity index (χ1n) is 6.24. The van der Waals surface area contributed by atoms with Crippen molar-refractivity contribution in [1.82, 2.24) is 9.78 Å². The number of nitrogens with zero attached hydrogens (tertiary/aromatic N) is 2. The SMILES string of the molecule is CCn1nc(C)c(N)c1C(=O)Nc1ccccc1C. The summed E-state index contributed by atoms with van der Waals surface area (Å²) in [6, 6.07) is 7.62. The predicted molar refractivity (Wildman–Crippen MR) is 76.2 cm³/mol. The molecule has 1 aromatic heterocycles. The van der Waals surface area contributed by atoms with Crippen molar-refractivity contribution in [2.24, 2.45) is 0 Å². The van der Waals surface area contributed by atoms with Crippen molar-refractivity contribution >= 4 is 17.3 Å². The lowest BCUT2D eigenvalue weighted by molar-refractivity contribution is 0.101. The van der Waals surface area contributed by atoms with Crippen LogP contribution in [0.5, 0.6) is 0 Å². The molecule has 0 saturated carbocycles. The van der Waals surface area contributed by atoms with E-state index >= 15 is 0 Å². The van der Waals surface area contributed by atoms with E-state index in [4.69, 9.17) is 5.73 Å². The Morgan fingerprint density at radius 2 is 2.05 bits per heavy atom. The first kappa shape index (κ1) is 13.1. The van der Waals surface area contributed by atoms with Gasteiger partial charge in [-0.25, -0.2) is 0 Å². The summed E-state index contributed by atoms with van der Waals surface area (Å²) < 4.78 is 1.62. The van der Waals surface area contributed by atoms with Gasteiger partial charge in [-0.3, -0.25) is 9.48 Å². The monoisotopic (exact) mass is 258 g/mol. The van der Waals surface area contributed by atoms with E-state index in [2.05, 4.69) is 10.4 Å². The van der Waals surface area contributed by atoms with Crippen LogP contribution in [0.15, 0.2) is 24.3 Å². The number of aromatic nitrogens is 2. The number of para-hydroxylation sites is 1. The topological polar surface area (TPSA) is 72.9 Å². The van der Waals surface area contributed by atoms with Crippen molar-refractivity contribution in [1.29, 1.82) is 0 Å². The van der Waals surface area contributed by atoms with Crippen LogP contribution >= 0.6 is 0 Å². The van der Waals surface area contributed by atoms with Crippen LogP contribution in [0.4, 0.5) is 11.4 Å². The number of carbonyl (C=O) groups excluding carboxylic acids is 1. The summed E-state index contributed by atoms with van der Waals surface area (Å²) in [5.41, 5.74) is 9.26. The molecule has 2 rings (SSSR count). The standard InChI is InChI=1S/C14H18N4O/c1-4-18-13(12(15)10(3)17-18)14(19)16-11-8-6-5-7-9(11)2/h5-8H,4,15H2,1-3H3,(H,16,19). The van der Waals surface area contributed by atoms with Gasteiger partial charge in [0.05, 0.1) is 11.4 Å². The number of carbonyl (C=O) groups is 1. The van der Waals surface area contributed by atoms with Crippen LogP contribution in [0.2, 0.25) is 0 Å². The van der Waals surface area contributed by atoms with E-state index in [9.17, 15) is 4.79 Å². The van der Waals surface area contributed by atoms with Crippen molar-refractivity contribution in [3.05, 3.63) is 41.2 Å². The second-order valence-electron chi connectivity index (χ2n) is 4.43. The Morgan fingerprint density at radius 3 is 2.68 bits per heavy atom. The number of benzene rings is 1. The Labute approximate surface area is 112 Å². The number of nitrogens with one attached hydrogen (secondary N) is 1. The van der Waals surface area contributed by atoms with Crippen molar-refractivity contribution < 1.29 is 4.79 Å². The Hall–Kier alpha value is -2.30. The molecule has 0 unspecified atom stereocenters. The van der Waals surface area contributed by atoms with Gasteiger partial charge in [-0.05, 0) is 32.4 Å². The van der Waals surface area contributed by atoms with Gasteiger partial charge in [0, 0.05) is 12.2 Å². The van der Waals surface area contributed by atoms with Crippen molar-refractivity contribution in [3.63, 3.8) is 0 Å². The Balaban J connectivity index is 2.33. The smallest absolute Gasteiger partial charge is 0.276 e. The molecule has 1 heterocycles. The van der Waals surface area contributed by atoms with Gasteiger partial charge in [-0.1, -0.05) is 18.2 Å². The summed E-state index contributed by atoms with van der Waals surface area (Å²) in [5, 5.41) is 7.12. The zero-order valence-electron chi connectivity index (χ0n) is 11.4. The highest BCUT2D eigenvalue weighted by Gasteiger charge is 2.19. The van der Waals surface area contributed by atoms with E-state index in [1.54, 1.807) is 11.6 Å². The summed E-state index contributed by atoms with van der Waals surface area (Å²) >= 11 is 0. The molecule has 0 bridgehead atoms. The summed E-state index contributed by atoms with van der Waals surface area (Å²) in [6.07, 6.45) is 0. The third-order valence-electron chi connectivity index (χ3n) is 3.08. The molecule has 0 aliphatic rings. The average molecular weight is 258 g/mol. The average Bonchev–Trinajstić information content (AvgIpc) is 2.68. The molecule has 0 radical (unpaired) electrons. The molecule has 100 valence electrons. The Bertz CT molecular complexity index is 616. The number of amides is 1. The van der Waals surface area contributed by atoms with E-state index < -0.39 is 0 Å². The van der Waals surface area contributed by atoms with Crippen LogP contribution in [-0.2, 0) is 6.54 Å². The molecule has 1 amide bonds. The van der Waals surface area contributed by atoms with Crippen LogP contribution in [-0.4, -0.2) is 15.7 Å². The van der Waals surface area contributed by atoms with Crippen molar-refractivity contribution in [2.45, 2.75) is 27.3 Å². The number of anilines is 2. The van der Waals surface area contributed by atoms with Crippen LogP contribution in [0.25, 0.3) is 0 Å². The van der Waals surface area contributed by atoms with E-state index in [0.717, 1.165) is 11.3 Å². The molecule has 19 heavy (non-hydrogen) atoms. The van der Waals surface area contributed by atoms with Crippen molar-refractivity contribution in [3.8, 4) is 0 Å². The van der Waals surface area contributed by atoms with Gasteiger partial charge >= 0.3 is 0 Å². The molecule has 1 aromatic carbocycles. The van der Waals surface area contributed by atoms with Crippen LogP contribution in [0.3, 0.4) is 0 Å². The summed E-state index contributed by atoms with van der Waals surface area (Å²) in [7, 11) is 0. The number of hydrogen-bond acceptors (Lipinski definition) is 3. The number of rotatable bonds is 3. The second kappa shape index (κ2) is 5.14. The minimum Gasteiger partial charge on any atom is -0.395 e. The van der Waals surface area contributed by atoms with Gasteiger partial charge in [0.2, 0.25) is 0 Å². The van der Waals surface area contributed by atoms with Gasteiger partial charge in [0.1, 0.15) is 5.69 Å².